The van der Waals surface area contributed by atoms with Crippen LogP contribution in [-0.2, 0) is 4.74 Å². The predicted octanol–water partition coefficient (Wildman–Crippen LogP) is 1.61. The fourth-order valence-electron chi connectivity index (χ4n) is 0.493. The van der Waals surface area contributed by atoms with Crippen molar-refractivity contribution in [2.75, 3.05) is 12.4 Å². The van der Waals surface area contributed by atoms with Crippen LogP contribution in [0.25, 0.3) is 0 Å². The summed E-state index contributed by atoms with van der Waals surface area (Å²) in [4.78, 5) is 0. The van der Waals surface area contributed by atoms with Crippen LogP contribution < -0.4 is 0 Å². The van der Waals surface area contributed by atoms with Crippen molar-refractivity contribution in [3.63, 3.8) is 0 Å². The Bertz CT molecular complexity index is 80.1. The molecule has 1 saturated heterocycles. The Morgan fingerprint density at radius 2 is 2.71 bits per heavy atom. The van der Waals surface area contributed by atoms with E-state index < -0.39 is 0 Å². The van der Waals surface area contributed by atoms with Crippen LogP contribution in [0.3, 0.4) is 0 Å². The van der Waals surface area contributed by atoms with Gasteiger partial charge < -0.3 is 4.74 Å². The largest absolute Gasteiger partial charge is 0.487 e. The van der Waals surface area contributed by atoms with Crippen molar-refractivity contribution in [1.29, 1.82) is 0 Å². The summed E-state index contributed by atoms with van der Waals surface area (Å²) in [6, 6.07) is 0. The summed E-state index contributed by atoms with van der Waals surface area (Å²) in [5, 5.41) is 1.08. The molecule has 0 aliphatic carbocycles. The van der Waals surface area contributed by atoms with Gasteiger partial charge in [0, 0.05) is 5.75 Å². The Hall–Kier alpha value is -0.110. The third kappa shape index (κ3) is 1.13. The lowest BCUT2D eigenvalue weighted by molar-refractivity contribution is 0.274. The zero-order valence-electron chi connectivity index (χ0n) is 4.31. The molecule has 1 aliphatic heterocycles. The summed E-state index contributed by atoms with van der Waals surface area (Å²) in [7, 11) is 0. The van der Waals surface area contributed by atoms with Gasteiger partial charge in [0.25, 0.3) is 0 Å². The first-order chi connectivity index (χ1) is 3.43. The molecular weight excluding hydrogens is 108 g/mol. The molecule has 0 saturated carbocycles. The van der Waals surface area contributed by atoms with E-state index in [1.54, 1.807) is 11.8 Å². The number of ether oxygens (including phenoxy) is 1. The molecule has 0 unspecified atom stereocenters. The van der Waals surface area contributed by atoms with Crippen LogP contribution in [-0.4, -0.2) is 12.4 Å². The zero-order chi connectivity index (χ0) is 5.11. The minimum absolute atomic E-state index is 0.893. The number of hydrogen-bond donors (Lipinski definition) is 0. The second-order valence-corrected chi connectivity index (χ2v) is 2.40. The second kappa shape index (κ2) is 2.26. The molecule has 1 heterocycles. The standard InChI is InChI=1S/C5H8OS/c1-2-5-6-3-4-7-5/h2H,3-4H2,1H3/b5-2-. The van der Waals surface area contributed by atoms with E-state index in [2.05, 4.69) is 0 Å². The summed E-state index contributed by atoms with van der Waals surface area (Å²) < 4.78 is 5.13. The van der Waals surface area contributed by atoms with Crippen molar-refractivity contribution < 1.29 is 4.74 Å². The maximum Gasteiger partial charge on any atom is 0.149 e. The smallest absolute Gasteiger partial charge is 0.149 e. The first-order valence-electron chi connectivity index (χ1n) is 2.35. The van der Waals surface area contributed by atoms with Crippen LogP contribution in [0.1, 0.15) is 6.92 Å². The quantitative estimate of drug-likeness (QED) is 0.475. The van der Waals surface area contributed by atoms with Gasteiger partial charge in [-0.25, -0.2) is 0 Å². The summed E-state index contributed by atoms with van der Waals surface area (Å²) in [5.74, 6) is 1.12. The van der Waals surface area contributed by atoms with Gasteiger partial charge in [-0.3, -0.25) is 0 Å². The fourth-order valence-corrected chi connectivity index (χ4v) is 1.19. The van der Waals surface area contributed by atoms with Gasteiger partial charge in [-0.05, 0) is 13.0 Å². The molecule has 0 bridgehead atoms. The van der Waals surface area contributed by atoms with Gasteiger partial charge in [0.05, 0.1) is 6.61 Å². The maximum absolute atomic E-state index is 5.13. The molecule has 0 atom stereocenters. The van der Waals surface area contributed by atoms with Crippen LogP contribution >= 0.6 is 11.8 Å². The van der Waals surface area contributed by atoms with E-state index in [-0.39, 0.29) is 0 Å². The third-order valence-corrected chi connectivity index (χ3v) is 1.82. The first kappa shape index (κ1) is 5.04. The predicted molar refractivity (Wildman–Crippen MR) is 32.2 cm³/mol. The minimum Gasteiger partial charge on any atom is -0.487 e. The molecule has 0 spiro atoms. The minimum atomic E-state index is 0.893. The summed E-state index contributed by atoms with van der Waals surface area (Å²) >= 11 is 1.78. The van der Waals surface area contributed by atoms with Crippen LogP contribution in [0.15, 0.2) is 11.2 Å². The number of hydrogen-bond acceptors (Lipinski definition) is 2. The molecule has 0 aromatic rings. The van der Waals surface area contributed by atoms with E-state index in [9.17, 15) is 0 Å². The Morgan fingerprint density at radius 1 is 1.86 bits per heavy atom. The molecule has 0 aromatic heterocycles. The second-order valence-electron chi connectivity index (χ2n) is 1.30. The molecule has 0 amide bonds. The van der Waals surface area contributed by atoms with E-state index in [4.69, 9.17) is 4.74 Å². The van der Waals surface area contributed by atoms with Gasteiger partial charge in [-0.15, -0.1) is 0 Å². The normalized spacial score (nSPS) is 25.6. The fraction of sp³-hybridized carbons (Fsp3) is 0.600. The summed E-state index contributed by atoms with van der Waals surface area (Å²) in [5.41, 5.74) is 0. The Labute approximate surface area is 47.7 Å². The van der Waals surface area contributed by atoms with Crippen molar-refractivity contribution >= 4 is 11.8 Å². The Morgan fingerprint density at radius 3 is 3.00 bits per heavy atom. The van der Waals surface area contributed by atoms with Crippen molar-refractivity contribution in [1.82, 2.24) is 0 Å². The van der Waals surface area contributed by atoms with Gasteiger partial charge in [-0.1, -0.05) is 11.8 Å². The topological polar surface area (TPSA) is 9.23 Å². The van der Waals surface area contributed by atoms with Crippen LogP contribution in [0.2, 0.25) is 0 Å². The molecule has 1 fully saturated rings. The summed E-state index contributed by atoms with van der Waals surface area (Å²) in [6.45, 7) is 2.89. The molecular formula is C5H8OS. The van der Waals surface area contributed by atoms with Crippen molar-refractivity contribution in [3.8, 4) is 0 Å². The first-order valence-corrected chi connectivity index (χ1v) is 3.34. The molecule has 0 radical (unpaired) electrons. The Kier molecular flexibility index (Phi) is 1.63. The monoisotopic (exact) mass is 116 g/mol. The molecule has 40 valence electrons. The average molecular weight is 116 g/mol. The summed E-state index contributed by atoms with van der Waals surface area (Å²) in [6.07, 6.45) is 2.00. The molecule has 2 heteroatoms. The van der Waals surface area contributed by atoms with Gasteiger partial charge >= 0.3 is 0 Å². The molecule has 0 N–H and O–H groups in total. The van der Waals surface area contributed by atoms with Crippen molar-refractivity contribution in [2.45, 2.75) is 6.92 Å². The molecule has 1 aliphatic rings. The third-order valence-electron chi connectivity index (χ3n) is 0.808. The highest BCUT2D eigenvalue weighted by Gasteiger charge is 2.04. The number of allylic oxidation sites excluding steroid dienone is 1. The van der Waals surface area contributed by atoms with E-state index in [1.807, 2.05) is 13.0 Å². The van der Waals surface area contributed by atoms with E-state index in [0.29, 0.717) is 0 Å². The van der Waals surface area contributed by atoms with Crippen LogP contribution in [0.4, 0.5) is 0 Å². The lowest BCUT2D eigenvalue weighted by atomic mass is 10.7. The highest BCUT2D eigenvalue weighted by Crippen LogP contribution is 2.22. The molecule has 1 nitrogen and oxygen atoms in total. The van der Waals surface area contributed by atoms with Crippen molar-refractivity contribution in [2.24, 2.45) is 0 Å². The van der Waals surface area contributed by atoms with Gasteiger partial charge in [0.15, 0.2) is 0 Å². The molecule has 1 rings (SSSR count). The SMILES string of the molecule is C/C=C1/OCCS1. The zero-order valence-corrected chi connectivity index (χ0v) is 5.12. The highest BCUT2D eigenvalue weighted by molar-refractivity contribution is 8.03. The molecule has 0 aromatic carbocycles. The Balaban J connectivity index is 2.41. The number of rotatable bonds is 0. The van der Waals surface area contributed by atoms with E-state index >= 15 is 0 Å². The van der Waals surface area contributed by atoms with Crippen LogP contribution in [0.5, 0.6) is 0 Å². The van der Waals surface area contributed by atoms with Crippen LogP contribution in [0, 0.1) is 0 Å². The van der Waals surface area contributed by atoms with Gasteiger partial charge in [0.1, 0.15) is 5.09 Å². The molecule has 7 heavy (non-hydrogen) atoms. The lowest BCUT2D eigenvalue weighted by Gasteiger charge is -1.89. The average Bonchev–Trinajstić information content (AvgIpc) is 2.14. The van der Waals surface area contributed by atoms with Gasteiger partial charge in [0.2, 0.25) is 0 Å². The van der Waals surface area contributed by atoms with Crippen molar-refractivity contribution in [3.05, 3.63) is 11.2 Å². The highest BCUT2D eigenvalue weighted by atomic mass is 32.2. The van der Waals surface area contributed by atoms with Gasteiger partial charge in [-0.2, -0.15) is 0 Å². The van der Waals surface area contributed by atoms with E-state index in [0.717, 1.165) is 17.5 Å². The van der Waals surface area contributed by atoms with E-state index in [1.165, 1.54) is 0 Å². The maximum atomic E-state index is 5.13. The number of thioether (sulfide) groups is 1. The lowest BCUT2D eigenvalue weighted by Crippen LogP contribution is -1.77.